The van der Waals surface area contributed by atoms with Gasteiger partial charge in [0.15, 0.2) is 0 Å². The summed E-state index contributed by atoms with van der Waals surface area (Å²) in [6.07, 6.45) is 0. The van der Waals surface area contributed by atoms with Gasteiger partial charge in [0.25, 0.3) is 0 Å². The van der Waals surface area contributed by atoms with E-state index in [1.165, 1.54) is 76.5 Å². The van der Waals surface area contributed by atoms with Crippen LogP contribution in [-0.2, 0) is 0 Å². The van der Waals surface area contributed by atoms with Crippen LogP contribution in [0.3, 0.4) is 0 Å². The topological polar surface area (TPSA) is 0 Å². The van der Waals surface area contributed by atoms with Crippen LogP contribution in [0.2, 0.25) is 0 Å². The Balaban J connectivity index is 1.47. The zero-order chi connectivity index (χ0) is 22.2. The van der Waals surface area contributed by atoms with Gasteiger partial charge in [-0.15, -0.1) is 0 Å². The molecule has 0 unspecified atom stereocenters. The predicted molar refractivity (Wildman–Crippen MR) is 146 cm³/mol. The predicted octanol–water partition coefficient (Wildman–Crippen LogP) is 9.61. The van der Waals surface area contributed by atoms with Gasteiger partial charge in [0.05, 0.1) is 0 Å². The van der Waals surface area contributed by atoms with Gasteiger partial charge in [0.2, 0.25) is 0 Å². The minimum Gasteiger partial charge on any atom is -0.0622 e. The van der Waals surface area contributed by atoms with Gasteiger partial charge in [-0.2, -0.15) is 0 Å². The van der Waals surface area contributed by atoms with Crippen LogP contribution in [0.4, 0.5) is 0 Å². The lowest BCUT2D eigenvalue weighted by molar-refractivity contribution is 1.64. The quantitative estimate of drug-likeness (QED) is 0.228. The SMILES string of the molecule is c1ccc(-c2ccc3cc4c(cc3c2)-c2cc3c5ccccc5ccc3c3cccc-4c23)cc1. The summed E-state index contributed by atoms with van der Waals surface area (Å²) < 4.78 is 0. The lowest BCUT2D eigenvalue weighted by Gasteiger charge is -2.10. The fourth-order valence-electron chi connectivity index (χ4n) is 5.96. The summed E-state index contributed by atoms with van der Waals surface area (Å²) in [7, 11) is 0. The Hall–Kier alpha value is -4.42. The number of hydrogen-bond donors (Lipinski definition) is 0. The van der Waals surface area contributed by atoms with E-state index in [9.17, 15) is 0 Å². The smallest absolute Gasteiger partial charge is 0.00199 e. The summed E-state index contributed by atoms with van der Waals surface area (Å²) in [4.78, 5) is 0. The van der Waals surface area contributed by atoms with Gasteiger partial charge in [0.1, 0.15) is 0 Å². The average molecular weight is 429 g/mol. The first-order valence-electron chi connectivity index (χ1n) is 11.9. The summed E-state index contributed by atoms with van der Waals surface area (Å²) >= 11 is 0. The third-order valence-corrected chi connectivity index (χ3v) is 7.55. The van der Waals surface area contributed by atoms with E-state index < -0.39 is 0 Å². The van der Waals surface area contributed by atoms with Crippen LogP contribution < -0.4 is 0 Å². The van der Waals surface area contributed by atoms with Gasteiger partial charge in [-0.3, -0.25) is 0 Å². The molecule has 0 nitrogen and oxygen atoms in total. The van der Waals surface area contributed by atoms with Crippen LogP contribution in [-0.4, -0.2) is 0 Å². The Morgan fingerprint density at radius 3 is 2.00 bits per heavy atom. The Morgan fingerprint density at radius 2 is 1.06 bits per heavy atom. The maximum Gasteiger partial charge on any atom is -0.00199 e. The molecule has 7 aromatic carbocycles. The van der Waals surface area contributed by atoms with E-state index in [4.69, 9.17) is 0 Å². The highest BCUT2D eigenvalue weighted by Crippen LogP contribution is 2.51. The molecule has 0 heteroatoms. The van der Waals surface area contributed by atoms with E-state index in [-0.39, 0.29) is 0 Å². The molecule has 0 spiro atoms. The van der Waals surface area contributed by atoms with Crippen molar-refractivity contribution in [1.29, 1.82) is 0 Å². The highest BCUT2D eigenvalue weighted by Gasteiger charge is 2.23. The van der Waals surface area contributed by atoms with Crippen molar-refractivity contribution in [3.63, 3.8) is 0 Å². The van der Waals surface area contributed by atoms with E-state index in [0.29, 0.717) is 0 Å². The number of benzene rings is 7. The largest absolute Gasteiger partial charge is 0.0622 e. The Kier molecular flexibility index (Phi) is 3.48. The number of fused-ring (bicyclic) bond motifs is 8. The van der Waals surface area contributed by atoms with Crippen molar-refractivity contribution < 1.29 is 0 Å². The van der Waals surface area contributed by atoms with Crippen molar-refractivity contribution in [2.45, 2.75) is 0 Å². The summed E-state index contributed by atoms with van der Waals surface area (Å²) in [5, 5.41) is 10.6. The summed E-state index contributed by atoms with van der Waals surface area (Å²) in [5.74, 6) is 0. The van der Waals surface area contributed by atoms with Gasteiger partial charge in [-0.25, -0.2) is 0 Å². The van der Waals surface area contributed by atoms with Crippen LogP contribution in [0.5, 0.6) is 0 Å². The molecular weight excluding hydrogens is 408 g/mol. The molecule has 0 amide bonds. The van der Waals surface area contributed by atoms with E-state index in [0.717, 1.165) is 0 Å². The summed E-state index contributed by atoms with van der Waals surface area (Å²) in [6, 6.07) is 44.8. The third-order valence-electron chi connectivity index (χ3n) is 7.55. The highest BCUT2D eigenvalue weighted by atomic mass is 14.3. The molecule has 0 radical (unpaired) electrons. The van der Waals surface area contributed by atoms with Gasteiger partial charge < -0.3 is 0 Å². The molecule has 0 heterocycles. The number of rotatable bonds is 1. The summed E-state index contributed by atoms with van der Waals surface area (Å²) in [6.45, 7) is 0. The maximum absolute atomic E-state index is 2.43. The Morgan fingerprint density at radius 1 is 0.294 bits per heavy atom. The minimum absolute atomic E-state index is 1.26. The van der Waals surface area contributed by atoms with Crippen molar-refractivity contribution in [1.82, 2.24) is 0 Å². The van der Waals surface area contributed by atoms with E-state index in [1.807, 2.05) is 0 Å². The van der Waals surface area contributed by atoms with E-state index in [2.05, 4.69) is 121 Å². The Bertz CT molecular complexity index is 1940. The molecule has 1 aliphatic rings. The van der Waals surface area contributed by atoms with Gasteiger partial charge in [-0.05, 0) is 101 Å². The average Bonchev–Trinajstić information content (AvgIpc) is 3.21. The second kappa shape index (κ2) is 6.56. The lowest BCUT2D eigenvalue weighted by atomic mass is 9.93. The molecule has 1 aliphatic carbocycles. The van der Waals surface area contributed by atoms with Crippen molar-refractivity contribution in [2.24, 2.45) is 0 Å². The Labute approximate surface area is 197 Å². The van der Waals surface area contributed by atoms with Gasteiger partial charge in [0, 0.05) is 0 Å². The van der Waals surface area contributed by atoms with Crippen molar-refractivity contribution in [2.75, 3.05) is 0 Å². The van der Waals surface area contributed by atoms with Crippen molar-refractivity contribution in [3.8, 4) is 33.4 Å². The lowest BCUT2D eigenvalue weighted by Crippen LogP contribution is -1.83. The molecule has 7 aromatic rings. The van der Waals surface area contributed by atoms with Crippen molar-refractivity contribution in [3.05, 3.63) is 121 Å². The molecule has 0 saturated carbocycles. The fraction of sp³-hybridized carbons (Fsp3) is 0. The molecular formula is C34H20. The van der Waals surface area contributed by atoms with E-state index in [1.54, 1.807) is 0 Å². The van der Waals surface area contributed by atoms with Gasteiger partial charge in [-0.1, -0.05) is 97.1 Å². The second-order valence-corrected chi connectivity index (χ2v) is 9.36. The van der Waals surface area contributed by atoms with Crippen LogP contribution in [0.15, 0.2) is 121 Å². The van der Waals surface area contributed by atoms with Gasteiger partial charge >= 0.3 is 0 Å². The highest BCUT2D eigenvalue weighted by molar-refractivity contribution is 6.27. The molecule has 0 aliphatic heterocycles. The minimum atomic E-state index is 1.26. The molecule has 0 aromatic heterocycles. The van der Waals surface area contributed by atoms with E-state index >= 15 is 0 Å². The first kappa shape index (κ1) is 18.1. The first-order chi connectivity index (χ1) is 16.8. The zero-order valence-corrected chi connectivity index (χ0v) is 18.5. The molecule has 0 bridgehead atoms. The van der Waals surface area contributed by atoms with Crippen molar-refractivity contribution >= 4 is 43.1 Å². The van der Waals surface area contributed by atoms with Crippen LogP contribution in [0.1, 0.15) is 0 Å². The third kappa shape index (κ3) is 2.37. The van der Waals surface area contributed by atoms with Crippen LogP contribution in [0.25, 0.3) is 76.5 Å². The molecule has 0 atom stereocenters. The second-order valence-electron chi connectivity index (χ2n) is 9.36. The van der Waals surface area contributed by atoms with Crippen LogP contribution in [0, 0.1) is 0 Å². The molecule has 8 rings (SSSR count). The molecule has 0 saturated heterocycles. The van der Waals surface area contributed by atoms with Crippen LogP contribution >= 0.6 is 0 Å². The maximum atomic E-state index is 2.43. The molecule has 0 N–H and O–H groups in total. The molecule has 34 heavy (non-hydrogen) atoms. The normalized spacial score (nSPS) is 12.1. The summed E-state index contributed by atoms with van der Waals surface area (Å²) in [5.41, 5.74) is 7.92. The number of hydrogen-bond acceptors (Lipinski definition) is 0. The molecule has 156 valence electrons. The molecule has 0 fully saturated rings. The fourth-order valence-corrected chi connectivity index (χ4v) is 5.96. The standard InChI is InChI=1S/C34H20/c1-2-7-21(8-3-1)23-13-14-24-18-30-29-12-6-11-28-27-16-15-22-9-4-5-10-26(22)32(27)20-33(34(28)29)31(30)19-25(24)17-23/h1-20H. The monoisotopic (exact) mass is 428 g/mol. The zero-order valence-electron chi connectivity index (χ0n) is 18.5. The first-order valence-corrected chi connectivity index (χ1v) is 11.9.